The molecule has 148 valence electrons. The minimum atomic E-state index is -1.18. The van der Waals surface area contributed by atoms with Gasteiger partial charge in [0.15, 0.2) is 5.78 Å². The van der Waals surface area contributed by atoms with E-state index in [2.05, 4.69) is 0 Å². The Labute approximate surface area is 155 Å². The standard InChI is InChI=1S/C20H32O6/c1-5-15-11-13(2)16(21)10-8-6-7-9-14(3)26-18(23)12-17(22)20(25-4)19(15)24/h6-8,10,13-15,17,19-20,22,24H,5,9,11-12H2,1-4H3/b7-6+,10-8-. The van der Waals surface area contributed by atoms with E-state index < -0.39 is 24.3 Å². The van der Waals surface area contributed by atoms with Crippen LogP contribution in [-0.4, -0.2) is 53.5 Å². The van der Waals surface area contributed by atoms with Gasteiger partial charge in [-0.1, -0.05) is 38.5 Å². The molecule has 0 fully saturated rings. The van der Waals surface area contributed by atoms with E-state index in [1.54, 1.807) is 19.1 Å². The molecular formula is C20H32O6. The number of carbonyl (C=O) groups excluding carboxylic acids is 2. The fourth-order valence-electron chi connectivity index (χ4n) is 3.18. The summed E-state index contributed by atoms with van der Waals surface area (Å²) in [5.74, 6) is -1.04. The lowest BCUT2D eigenvalue weighted by atomic mass is 9.83. The molecule has 0 radical (unpaired) electrons. The molecule has 0 aromatic heterocycles. The number of rotatable bonds is 2. The highest BCUT2D eigenvalue weighted by atomic mass is 16.5. The van der Waals surface area contributed by atoms with Gasteiger partial charge in [-0.25, -0.2) is 0 Å². The second kappa shape index (κ2) is 11.3. The summed E-state index contributed by atoms with van der Waals surface area (Å²) in [6, 6.07) is 0. The van der Waals surface area contributed by atoms with E-state index in [0.717, 1.165) is 0 Å². The van der Waals surface area contributed by atoms with E-state index in [4.69, 9.17) is 9.47 Å². The number of aliphatic hydroxyl groups excluding tert-OH is 2. The van der Waals surface area contributed by atoms with Crippen LogP contribution in [0, 0.1) is 11.8 Å². The average molecular weight is 368 g/mol. The first kappa shape index (κ1) is 22.5. The predicted octanol–water partition coefficient (Wildman–Crippen LogP) is 2.18. The Balaban J connectivity index is 3.04. The van der Waals surface area contributed by atoms with Crippen molar-refractivity contribution in [2.24, 2.45) is 11.8 Å². The van der Waals surface area contributed by atoms with Gasteiger partial charge in [0.25, 0.3) is 0 Å². The normalized spacial score (nSPS) is 37.8. The maximum Gasteiger partial charge on any atom is 0.308 e. The van der Waals surface area contributed by atoms with Gasteiger partial charge >= 0.3 is 5.97 Å². The summed E-state index contributed by atoms with van der Waals surface area (Å²) in [4.78, 5) is 24.3. The van der Waals surface area contributed by atoms with Crippen molar-refractivity contribution < 1.29 is 29.3 Å². The van der Waals surface area contributed by atoms with Crippen molar-refractivity contribution in [3.05, 3.63) is 24.3 Å². The largest absolute Gasteiger partial charge is 0.462 e. The molecule has 0 saturated carbocycles. The van der Waals surface area contributed by atoms with Crippen LogP contribution < -0.4 is 0 Å². The number of hydrogen-bond acceptors (Lipinski definition) is 6. The molecule has 6 atom stereocenters. The molecule has 0 spiro atoms. The van der Waals surface area contributed by atoms with Crippen LogP contribution in [0.5, 0.6) is 0 Å². The molecule has 0 aliphatic carbocycles. The maximum absolute atomic E-state index is 12.2. The predicted molar refractivity (Wildman–Crippen MR) is 98.4 cm³/mol. The van der Waals surface area contributed by atoms with Gasteiger partial charge in [-0.05, 0) is 25.3 Å². The Morgan fingerprint density at radius 3 is 2.54 bits per heavy atom. The van der Waals surface area contributed by atoms with Gasteiger partial charge in [0.05, 0.1) is 18.6 Å². The topological polar surface area (TPSA) is 93.1 Å². The number of carbonyl (C=O) groups is 2. The van der Waals surface area contributed by atoms with E-state index >= 15 is 0 Å². The highest BCUT2D eigenvalue weighted by Gasteiger charge is 2.35. The van der Waals surface area contributed by atoms with Crippen molar-refractivity contribution >= 4 is 11.8 Å². The zero-order chi connectivity index (χ0) is 19.7. The summed E-state index contributed by atoms with van der Waals surface area (Å²) in [6.07, 6.45) is 4.67. The second-order valence-corrected chi connectivity index (χ2v) is 6.99. The molecule has 0 aromatic carbocycles. The van der Waals surface area contributed by atoms with E-state index in [-0.39, 0.29) is 30.1 Å². The molecule has 26 heavy (non-hydrogen) atoms. The Hall–Kier alpha value is -1.50. The molecule has 2 N–H and O–H groups in total. The van der Waals surface area contributed by atoms with Crippen molar-refractivity contribution in [2.75, 3.05) is 7.11 Å². The number of esters is 1. The average Bonchev–Trinajstić information content (AvgIpc) is 2.58. The van der Waals surface area contributed by atoms with E-state index in [0.29, 0.717) is 19.3 Å². The van der Waals surface area contributed by atoms with Crippen LogP contribution in [0.25, 0.3) is 0 Å². The third-order valence-corrected chi connectivity index (χ3v) is 4.82. The lowest BCUT2D eigenvalue weighted by Gasteiger charge is -2.32. The number of ether oxygens (including phenoxy) is 2. The minimum Gasteiger partial charge on any atom is -0.462 e. The SMILES string of the molecule is CCC1CC(C)C(=O)/C=C\C=C\CC(C)OC(=O)CC(O)C(OC)C1O. The highest BCUT2D eigenvalue weighted by Crippen LogP contribution is 2.25. The molecule has 1 aliphatic rings. The quantitative estimate of drug-likeness (QED) is 0.726. The Morgan fingerprint density at radius 2 is 1.92 bits per heavy atom. The van der Waals surface area contributed by atoms with Crippen molar-refractivity contribution in [2.45, 2.75) is 70.9 Å². The third kappa shape index (κ3) is 7.02. The number of ketones is 1. The van der Waals surface area contributed by atoms with Gasteiger partial charge in [0.2, 0.25) is 0 Å². The van der Waals surface area contributed by atoms with Crippen LogP contribution in [0.4, 0.5) is 0 Å². The summed E-state index contributed by atoms with van der Waals surface area (Å²) in [5, 5.41) is 21.0. The summed E-state index contributed by atoms with van der Waals surface area (Å²) in [5.41, 5.74) is 0. The summed E-state index contributed by atoms with van der Waals surface area (Å²) in [6.45, 7) is 5.49. The smallest absolute Gasteiger partial charge is 0.308 e. The van der Waals surface area contributed by atoms with E-state index in [1.165, 1.54) is 13.2 Å². The summed E-state index contributed by atoms with van der Waals surface area (Å²) < 4.78 is 10.5. The van der Waals surface area contributed by atoms with Gasteiger partial charge in [-0.2, -0.15) is 0 Å². The van der Waals surface area contributed by atoms with Crippen LogP contribution in [0.2, 0.25) is 0 Å². The third-order valence-electron chi connectivity index (χ3n) is 4.82. The molecule has 0 saturated heterocycles. The fraction of sp³-hybridized carbons (Fsp3) is 0.700. The minimum absolute atomic E-state index is 0.0126. The van der Waals surface area contributed by atoms with Crippen LogP contribution in [0.15, 0.2) is 24.3 Å². The number of methoxy groups -OCH3 is 1. The first-order chi connectivity index (χ1) is 12.3. The molecule has 1 rings (SSSR count). The second-order valence-electron chi connectivity index (χ2n) is 6.99. The van der Waals surface area contributed by atoms with Crippen molar-refractivity contribution in [3.63, 3.8) is 0 Å². The lowest BCUT2D eigenvalue weighted by molar-refractivity contribution is -0.156. The van der Waals surface area contributed by atoms with Crippen LogP contribution in [-0.2, 0) is 19.1 Å². The van der Waals surface area contributed by atoms with Gasteiger partial charge < -0.3 is 19.7 Å². The Bertz CT molecular complexity index is 512. The maximum atomic E-state index is 12.2. The number of cyclic esters (lactones) is 1. The molecule has 1 heterocycles. The van der Waals surface area contributed by atoms with E-state index in [1.807, 2.05) is 19.9 Å². The van der Waals surface area contributed by atoms with Crippen LogP contribution >= 0.6 is 0 Å². The first-order valence-corrected chi connectivity index (χ1v) is 9.25. The lowest BCUT2D eigenvalue weighted by Crippen LogP contribution is -2.45. The van der Waals surface area contributed by atoms with Crippen molar-refractivity contribution in [1.29, 1.82) is 0 Å². The molecule has 0 aromatic rings. The van der Waals surface area contributed by atoms with Crippen molar-refractivity contribution in [3.8, 4) is 0 Å². The van der Waals surface area contributed by atoms with Crippen molar-refractivity contribution in [1.82, 2.24) is 0 Å². The fourth-order valence-corrected chi connectivity index (χ4v) is 3.18. The van der Waals surface area contributed by atoms with E-state index in [9.17, 15) is 19.8 Å². The Morgan fingerprint density at radius 1 is 1.23 bits per heavy atom. The molecule has 1 aliphatic heterocycles. The van der Waals surface area contributed by atoms with Gasteiger partial charge in [-0.15, -0.1) is 0 Å². The first-order valence-electron chi connectivity index (χ1n) is 9.25. The monoisotopic (exact) mass is 368 g/mol. The molecular weight excluding hydrogens is 336 g/mol. The molecule has 6 unspecified atom stereocenters. The Kier molecular flexibility index (Phi) is 9.76. The van der Waals surface area contributed by atoms with Gasteiger partial charge in [-0.3, -0.25) is 9.59 Å². The van der Waals surface area contributed by atoms with Gasteiger partial charge in [0, 0.05) is 19.4 Å². The number of allylic oxidation sites excluding steroid dienone is 3. The van der Waals surface area contributed by atoms with Crippen LogP contribution in [0.3, 0.4) is 0 Å². The highest BCUT2D eigenvalue weighted by molar-refractivity contribution is 5.91. The molecule has 0 amide bonds. The zero-order valence-corrected chi connectivity index (χ0v) is 16.1. The summed E-state index contributed by atoms with van der Waals surface area (Å²) >= 11 is 0. The van der Waals surface area contributed by atoms with Crippen LogP contribution in [0.1, 0.15) is 46.5 Å². The summed E-state index contributed by atoms with van der Waals surface area (Å²) in [7, 11) is 1.39. The number of aliphatic hydroxyl groups is 2. The number of hydrogen-bond donors (Lipinski definition) is 2. The molecule has 6 heteroatoms. The molecule has 6 nitrogen and oxygen atoms in total. The zero-order valence-electron chi connectivity index (χ0n) is 16.1. The van der Waals surface area contributed by atoms with Gasteiger partial charge in [0.1, 0.15) is 12.2 Å². The molecule has 0 bridgehead atoms.